The summed E-state index contributed by atoms with van der Waals surface area (Å²) in [6, 6.07) is 3.41. The quantitative estimate of drug-likeness (QED) is 0.675. The Morgan fingerprint density at radius 1 is 1.69 bits per heavy atom. The first-order valence-corrected chi connectivity index (χ1v) is 5.12. The van der Waals surface area contributed by atoms with Crippen molar-refractivity contribution in [3.63, 3.8) is 0 Å². The molecule has 0 spiro atoms. The van der Waals surface area contributed by atoms with Gasteiger partial charge in [0.2, 0.25) is 5.91 Å². The SMILES string of the molecule is C=CCNC(=O)C(C)NCc1cccnn1. The molecule has 16 heavy (non-hydrogen) atoms. The minimum absolute atomic E-state index is 0.0520. The monoisotopic (exact) mass is 220 g/mol. The van der Waals surface area contributed by atoms with Crippen molar-refractivity contribution in [2.75, 3.05) is 6.54 Å². The third-order valence-electron chi connectivity index (χ3n) is 2.03. The van der Waals surface area contributed by atoms with Crippen molar-refractivity contribution in [1.82, 2.24) is 20.8 Å². The van der Waals surface area contributed by atoms with Gasteiger partial charge in [0.25, 0.3) is 0 Å². The highest BCUT2D eigenvalue weighted by atomic mass is 16.2. The van der Waals surface area contributed by atoms with Crippen molar-refractivity contribution in [3.8, 4) is 0 Å². The van der Waals surface area contributed by atoms with Crippen LogP contribution in [-0.2, 0) is 11.3 Å². The Labute approximate surface area is 95.0 Å². The molecule has 2 N–H and O–H groups in total. The maximum atomic E-state index is 11.5. The molecule has 1 aromatic heterocycles. The average molecular weight is 220 g/mol. The van der Waals surface area contributed by atoms with Crippen molar-refractivity contribution in [1.29, 1.82) is 0 Å². The zero-order chi connectivity index (χ0) is 11.8. The smallest absolute Gasteiger partial charge is 0.237 e. The van der Waals surface area contributed by atoms with Crippen LogP contribution >= 0.6 is 0 Å². The van der Waals surface area contributed by atoms with Gasteiger partial charge in [-0.05, 0) is 19.1 Å². The van der Waals surface area contributed by atoms with E-state index in [1.807, 2.05) is 12.1 Å². The van der Waals surface area contributed by atoms with Crippen molar-refractivity contribution >= 4 is 5.91 Å². The molecule has 1 heterocycles. The molecule has 1 aromatic rings. The van der Waals surface area contributed by atoms with E-state index in [1.165, 1.54) is 0 Å². The minimum atomic E-state index is -0.262. The maximum Gasteiger partial charge on any atom is 0.237 e. The van der Waals surface area contributed by atoms with E-state index in [0.717, 1.165) is 5.69 Å². The number of carbonyl (C=O) groups is 1. The predicted molar refractivity (Wildman–Crippen MR) is 61.5 cm³/mol. The Bertz CT molecular complexity index is 339. The molecular weight excluding hydrogens is 204 g/mol. The van der Waals surface area contributed by atoms with Crippen LogP contribution in [0.25, 0.3) is 0 Å². The van der Waals surface area contributed by atoms with E-state index in [9.17, 15) is 4.79 Å². The summed E-state index contributed by atoms with van der Waals surface area (Å²) in [4.78, 5) is 11.5. The van der Waals surface area contributed by atoms with Crippen molar-refractivity contribution in [2.45, 2.75) is 19.5 Å². The number of rotatable bonds is 6. The van der Waals surface area contributed by atoms with Crippen LogP contribution in [-0.4, -0.2) is 28.7 Å². The third-order valence-corrected chi connectivity index (χ3v) is 2.03. The highest BCUT2D eigenvalue weighted by Gasteiger charge is 2.10. The summed E-state index contributed by atoms with van der Waals surface area (Å²) in [7, 11) is 0. The minimum Gasteiger partial charge on any atom is -0.351 e. The lowest BCUT2D eigenvalue weighted by Gasteiger charge is -2.12. The molecule has 0 aliphatic rings. The average Bonchev–Trinajstić information content (AvgIpc) is 2.34. The second-order valence-corrected chi connectivity index (χ2v) is 3.35. The Morgan fingerprint density at radius 3 is 3.12 bits per heavy atom. The first kappa shape index (κ1) is 12.3. The lowest BCUT2D eigenvalue weighted by molar-refractivity contribution is -0.122. The van der Waals surface area contributed by atoms with Gasteiger partial charge in [-0.1, -0.05) is 6.08 Å². The molecule has 1 unspecified atom stereocenters. The van der Waals surface area contributed by atoms with Gasteiger partial charge in [-0.25, -0.2) is 0 Å². The van der Waals surface area contributed by atoms with Crippen LogP contribution in [0.15, 0.2) is 31.0 Å². The second kappa shape index (κ2) is 6.68. The lowest BCUT2D eigenvalue weighted by Crippen LogP contribution is -2.41. The molecule has 0 bridgehead atoms. The van der Waals surface area contributed by atoms with Gasteiger partial charge >= 0.3 is 0 Å². The topological polar surface area (TPSA) is 66.9 Å². The van der Waals surface area contributed by atoms with Gasteiger partial charge in [0.1, 0.15) is 0 Å². The van der Waals surface area contributed by atoms with Gasteiger partial charge in [0.05, 0.1) is 11.7 Å². The van der Waals surface area contributed by atoms with Gasteiger partial charge in [-0.15, -0.1) is 6.58 Å². The van der Waals surface area contributed by atoms with Crippen molar-refractivity contribution in [2.24, 2.45) is 0 Å². The lowest BCUT2D eigenvalue weighted by atomic mass is 10.3. The number of carbonyl (C=O) groups excluding carboxylic acids is 1. The molecule has 1 atom stereocenters. The summed E-state index contributed by atoms with van der Waals surface area (Å²) >= 11 is 0. The molecule has 1 rings (SSSR count). The van der Waals surface area contributed by atoms with Crippen LogP contribution in [0.2, 0.25) is 0 Å². The number of aromatic nitrogens is 2. The first-order valence-electron chi connectivity index (χ1n) is 5.12. The van der Waals surface area contributed by atoms with Crippen molar-refractivity contribution in [3.05, 3.63) is 36.7 Å². The second-order valence-electron chi connectivity index (χ2n) is 3.35. The van der Waals surface area contributed by atoms with Crippen LogP contribution in [0.1, 0.15) is 12.6 Å². The molecule has 5 nitrogen and oxygen atoms in total. The third kappa shape index (κ3) is 4.18. The normalized spacial score (nSPS) is 11.8. The molecule has 0 aliphatic heterocycles. The fourth-order valence-electron chi connectivity index (χ4n) is 1.10. The number of hydrogen-bond donors (Lipinski definition) is 2. The van der Waals surface area contributed by atoms with E-state index in [1.54, 1.807) is 19.2 Å². The molecule has 0 radical (unpaired) electrons. The van der Waals surface area contributed by atoms with E-state index < -0.39 is 0 Å². The van der Waals surface area contributed by atoms with Gasteiger partial charge in [-0.2, -0.15) is 10.2 Å². The summed E-state index contributed by atoms with van der Waals surface area (Å²) in [5.74, 6) is -0.0520. The van der Waals surface area contributed by atoms with Crippen LogP contribution < -0.4 is 10.6 Å². The Kier molecular flexibility index (Phi) is 5.15. The van der Waals surface area contributed by atoms with Gasteiger partial charge < -0.3 is 10.6 Å². The van der Waals surface area contributed by atoms with Crippen LogP contribution in [0.5, 0.6) is 0 Å². The van der Waals surface area contributed by atoms with E-state index >= 15 is 0 Å². The summed E-state index contributed by atoms with van der Waals surface area (Å²) < 4.78 is 0. The molecule has 0 saturated heterocycles. The number of nitrogens with one attached hydrogen (secondary N) is 2. The fraction of sp³-hybridized carbons (Fsp3) is 0.364. The van der Waals surface area contributed by atoms with Crippen LogP contribution in [0.3, 0.4) is 0 Å². The van der Waals surface area contributed by atoms with Crippen LogP contribution in [0.4, 0.5) is 0 Å². The van der Waals surface area contributed by atoms with Crippen molar-refractivity contribution < 1.29 is 4.79 Å². The number of nitrogens with zero attached hydrogens (tertiary/aromatic N) is 2. The Balaban J connectivity index is 2.32. The molecule has 5 heteroatoms. The van der Waals surface area contributed by atoms with Gasteiger partial charge in [0.15, 0.2) is 0 Å². The Morgan fingerprint density at radius 2 is 2.50 bits per heavy atom. The van der Waals surface area contributed by atoms with E-state index in [4.69, 9.17) is 0 Å². The standard InChI is InChI=1S/C11H16N4O/c1-3-6-12-11(16)9(2)13-8-10-5-4-7-14-15-10/h3-5,7,9,13H,1,6,8H2,2H3,(H,12,16). The number of hydrogen-bond acceptors (Lipinski definition) is 4. The molecule has 0 saturated carbocycles. The van der Waals surface area contributed by atoms with E-state index in [-0.39, 0.29) is 11.9 Å². The fourth-order valence-corrected chi connectivity index (χ4v) is 1.10. The van der Waals surface area contributed by atoms with Gasteiger partial charge in [0, 0.05) is 19.3 Å². The summed E-state index contributed by atoms with van der Waals surface area (Å²) in [6.45, 7) is 6.34. The van der Waals surface area contributed by atoms with Crippen LogP contribution in [0, 0.1) is 0 Å². The maximum absolute atomic E-state index is 11.5. The molecule has 1 amide bonds. The zero-order valence-corrected chi connectivity index (χ0v) is 9.31. The zero-order valence-electron chi connectivity index (χ0n) is 9.31. The first-order chi connectivity index (χ1) is 7.74. The highest BCUT2D eigenvalue weighted by Crippen LogP contribution is 1.91. The van der Waals surface area contributed by atoms with E-state index in [0.29, 0.717) is 13.1 Å². The molecule has 0 fully saturated rings. The highest BCUT2D eigenvalue weighted by molar-refractivity contribution is 5.81. The number of amides is 1. The molecule has 0 aliphatic carbocycles. The summed E-state index contributed by atoms with van der Waals surface area (Å²) in [5.41, 5.74) is 0.811. The van der Waals surface area contributed by atoms with E-state index in [2.05, 4.69) is 27.4 Å². The summed E-state index contributed by atoms with van der Waals surface area (Å²) in [5, 5.41) is 13.4. The molecule has 0 aromatic carbocycles. The Hall–Kier alpha value is -1.75. The summed E-state index contributed by atoms with van der Waals surface area (Å²) in [6.07, 6.45) is 3.26. The van der Waals surface area contributed by atoms with Gasteiger partial charge in [-0.3, -0.25) is 4.79 Å². The molecule has 86 valence electrons. The molecular formula is C11H16N4O. The largest absolute Gasteiger partial charge is 0.351 e. The predicted octanol–water partition coefficient (Wildman–Crippen LogP) is 0.257.